The van der Waals surface area contributed by atoms with Gasteiger partial charge in [0.2, 0.25) is 18.3 Å². The van der Waals surface area contributed by atoms with E-state index in [1.165, 1.54) is 12.4 Å². The lowest BCUT2D eigenvalue weighted by molar-refractivity contribution is -0.857. The van der Waals surface area contributed by atoms with Crippen LogP contribution in [0.2, 0.25) is 0 Å². The minimum absolute atomic E-state index is 0.00313. The van der Waals surface area contributed by atoms with Crippen molar-refractivity contribution in [3.63, 3.8) is 0 Å². The number of hydrogen-bond donors (Lipinski definition) is 2. The number of nitrogens with zero attached hydrogens (tertiary/aromatic N) is 2. The number of carbonyl (C=O) groups excluding carboxylic acids is 3. The highest BCUT2D eigenvalue weighted by molar-refractivity contribution is 7.85. The molecule has 1 fully saturated rings. The monoisotopic (exact) mass is 511 g/mol. The third-order valence-electron chi connectivity index (χ3n) is 5.22. The van der Waals surface area contributed by atoms with Crippen molar-refractivity contribution in [3.05, 3.63) is 102 Å². The zero-order valence-corrected chi connectivity index (χ0v) is 19.7. The molecule has 36 heavy (non-hydrogen) atoms. The van der Waals surface area contributed by atoms with Gasteiger partial charge < -0.3 is 15.4 Å². The van der Waals surface area contributed by atoms with Crippen LogP contribution in [0.25, 0.3) is 0 Å². The standard InChI is InChI=1S/C24H22N4O7S/c29-22(25-20-16-28(23(20)30)36(32,33)35-27-14-8-3-9-15-27)21(19-12-6-2-7-13-19)26-24(31)34-17-18-10-4-1-5-11-18/h1-15,20-21H,16-17H2,(H-,25,26,29,31)/p+1. The minimum Gasteiger partial charge on any atom is -0.445 e. The van der Waals surface area contributed by atoms with Gasteiger partial charge in [-0.05, 0) is 11.1 Å². The summed E-state index contributed by atoms with van der Waals surface area (Å²) >= 11 is 0. The third-order valence-corrected chi connectivity index (χ3v) is 6.45. The van der Waals surface area contributed by atoms with Gasteiger partial charge in [-0.3, -0.25) is 9.59 Å². The van der Waals surface area contributed by atoms with E-state index in [1.807, 2.05) is 6.07 Å². The first-order chi connectivity index (χ1) is 17.3. The molecule has 1 saturated heterocycles. The Morgan fingerprint density at radius 2 is 1.58 bits per heavy atom. The summed E-state index contributed by atoms with van der Waals surface area (Å²) in [5.74, 6) is -1.56. The van der Waals surface area contributed by atoms with Crippen molar-refractivity contribution in [2.24, 2.45) is 0 Å². The van der Waals surface area contributed by atoms with Crippen molar-refractivity contribution < 1.29 is 36.6 Å². The van der Waals surface area contributed by atoms with Crippen LogP contribution in [0.5, 0.6) is 0 Å². The molecule has 0 radical (unpaired) electrons. The Morgan fingerprint density at radius 1 is 0.972 bits per heavy atom. The average Bonchev–Trinajstić information content (AvgIpc) is 2.89. The molecule has 1 aliphatic heterocycles. The number of benzene rings is 2. The van der Waals surface area contributed by atoms with E-state index in [0.717, 1.165) is 10.3 Å². The number of carbonyl (C=O) groups is 3. The summed E-state index contributed by atoms with van der Waals surface area (Å²) in [6, 6.07) is 19.9. The molecule has 12 heteroatoms. The summed E-state index contributed by atoms with van der Waals surface area (Å²) in [5.41, 5.74) is 1.22. The van der Waals surface area contributed by atoms with Crippen LogP contribution < -0.4 is 19.6 Å². The molecule has 11 nitrogen and oxygen atoms in total. The van der Waals surface area contributed by atoms with Crippen LogP contribution in [0.4, 0.5) is 4.79 Å². The van der Waals surface area contributed by atoms with Crippen LogP contribution in [-0.4, -0.2) is 43.2 Å². The van der Waals surface area contributed by atoms with Gasteiger partial charge in [-0.2, -0.15) is 12.7 Å². The number of hydrogen-bond acceptors (Lipinski definition) is 7. The van der Waals surface area contributed by atoms with Crippen LogP contribution >= 0.6 is 0 Å². The number of aromatic nitrogens is 1. The largest absolute Gasteiger partial charge is 0.466 e. The lowest BCUT2D eigenvalue weighted by Gasteiger charge is -2.35. The van der Waals surface area contributed by atoms with E-state index in [2.05, 4.69) is 10.6 Å². The Bertz CT molecular complexity index is 1320. The SMILES string of the molecule is O=C(NC(C(=O)NC1CN(S(=O)(=O)O[n+]2ccccc2)C1=O)c1ccccc1)OCc1ccccc1. The van der Waals surface area contributed by atoms with Crippen molar-refractivity contribution in [2.45, 2.75) is 18.7 Å². The van der Waals surface area contributed by atoms with E-state index in [-0.39, 0.29) is 13.2 Å². The summed E-state index contributed by atoms with van der Waals surface area (Å²) in [6.45, 7) is -0.316. The highest BCUT2D eigenvalue weighted by atomic mass is 32.2. The molecular weight excluding hydrogens is 488 g/mol. The molecule has 1 aliphatic rings. The molecular formula is C24H23N4O7S+. The predicted octanol–water partition coefficient (Wildman–Crippen LogP) is 0.642. The van der Waals surface area contributed by atoms with Gasteiger partial charge in [-0.25, -0.2) is 4.79 Å². The van der Waals surface area contributed by atoms with Gasteiger partial charge >= 0.3 is 16.4 Å². The van der Waals surface area contributed by atoms with E-state index in [0.29, 0.717) is 9.87 Å². The molecule has 0 aliphatic carbocycles. The number of rotatable bonds is 9. The van der Waals surface area contributed by atoms with Crippen LogP contribution in [0.3, 0.4) is 0 Å². The number of amides is 3. The second kappa shape index (κ2) is 10.9. The fourth-order valence-corrected chi connectivity index (χ4v) is 4.45. The zero-order chi connectivity index (χ0) is 25.5. The topological polar surface area (TPSA) is 135 Å². The molecule has 2 unspecified atom stereocenters. The summed E-state index contributed by atoms with van der Waals surface area (Å²) < 4.78 is 36.3. The quantitative estimate of drug-likeness (QED) is 0.318. The molecule has 2 N–H and O–H groups in total. The van der Waals surface area contributed by atoms with Crippen molar-refractivity contribution >= 4 is 28.2 Å². The molecule has 2 atom stereocenters. The second-order valence-corrected chi connectivity index (χ2v) is 9.19. The Labute approximate surface area is 207 Å². The second-order valence-electron chi connectivity index (χ2n) is 7.75. The smallest absolute Gasteiger partial charge is 0.445 e. The van der Waals surface area contributed by atoms with Crippen molar-refractivity contribution in [3.8, 4) is 0 Å². The highest BCUT2D eigenvalue weighted by Crippen LogP contribution is 2.18. The lowest BCUT2D eigenvalue weighted by atomic mass is 10.0. The van der Waals surface area contributed by atoms with Gasteiger partial charge in [-0.1, -0.05) is 66.7 Å². The van der Waals surface area contributed by atoms with Crippen LogP contribution in [-0.2, 0) is 31.2 Å². The highest BCUT2D eigenvalue weighted by Gasteiger charge is 2.48. The molecule has 1 aromatic heterocycles. The molecule has 186 valence electrons. The molecule has 0 spiro atoms. The Hall–Kier alpha value is -4.45. The number of nitrogens with one attached hydrogen (secondary N) is 2. The van der Waals surface area contributed by atoms with E-state index < -0.39 is 40.3 Å². The molecule has 3 amide bonds. The third kappa shape index (κ3) is 5.96. The molecule has 3 aromatic rings. The van der Waals surface area contributed by atoms with Gasteiger partial charge in [0, 0.05) is 16.9 Å². The lowest BCUT2D eigenvalue weighted by Crippen LogP contribution is -2.68. The summed E-state index contributed by atoms with van der Waals surface area (Å²) in [5, 5.41) is 4.98. The molecule has 4 rings (SSSR count). The fraction of sp³-hybridized carbons (Fsp3) is 0.167. The van der Waals surface area contributed by atoms with Crippen LogP contribution in [0.15, 0.2) is 91.3 Å². The van der Waals surface area contributed by atoms with Gasteiger partial charge in [-0.15, -0.1) is 4.28 Å². The first-order valence-corrected chi connectivity index (χ1v) is 12.3. The maximum atomic E-state index is 13.0. The van der Waals surface area contributed by atoms with Gasteiger partial charge in [0.1, 0.15) is 18.7 Å². The van der Waals surface area contributed by atoms with E-state index in [9.17, 15) is 22.8 Å². The van der Waals surface area contributed by atoms with E-state index in [4.69, 9.17) is 9.02 Å². The van der Waals surface area contributed by atoms with Crippen LogP contribution in [0.1, 0.15) is 17.2 Å². The summed E-state index contributed by atoms with van der Waals surface area (Å²) in [7, 11) is -4.41. The first kappa shape index (κ1) is 24.7. The maximum Gasteiger partial charge on any atom is 0.466 e. The normalized spacial score (nSPS) is 15.8. The molecule has 0 bridgehead atoms. The van der Waals surface area contributed by atoms with E-state index in [1.54, 1.807) is 72.8 Å². The number of β-lactam (4-membered cyclic amide) rings is 1. The van der Waals surface area contributed by atoms with Gasteiger partial charge in [0.15, 0.2) is 0 Å². The summed E-state index contributed by atoms with van der Waals surface area (Å²) in [6.07, 6.45) is 1.88. The fourth-order valence-electron chi connectivity index (χ4n) is 3.37. The van der Waals surface area contributed by atoms with Crippen molar-refractivity contribution in [1.82, 2.24) is 14.9 Å². The Kier molecular flexibility index (Phi) is 7.44. The maximum absolute atomic E-state index is 13.0. The number of alkyl carbamates (subject to hydrolysis) is 1. The van der Waals surface area contributed by atoms with E-state index >= 15 is 0 Å². The van der Waals surface area contributed by atoms with Crippen molar-refractivity contribution in [2.75, 3.05) is 6.54 Å². The molecule has 0 saturated carbocycles. The van der Waals surface area contributed by atoms with Gasteiger partial charge in [0.25, 0.3) is 5.91 Å². The van der Waals surface area contributed by atoms with Crippen LogP contribution in [0, 0.1) is 0 Å². The predicted molar refractivity (Wildman–Crippen MR) is 125 cm³/mol. The van der Waals surface area contributed by atoms with Gasteiger partial charge in [0.05, 0.1) is 6.54 Å². The first-order valence-electron chi connectivity index (χ1n) is 10.9. The number of ether oxygens (including phenoxy) is 1. The number of pyridine rings is 1. The molecule has 2 aromatic carbocycles. The Morgan fingerprint density at radius 3 is 2.22 bits per heavy atom. The van der Waals surface area contributed by atoms with Crippen molar-refractivity contribution in [1.29, 1.82) is 0 Å². The zero-order valence-electron chi connectivity index (χ0n) is 18.9. The molecule has 2 heterocycles. The summed E-state index contributed by atoms with van der Waals surface area (Å²) in [4.78, 5) is 37.9. The average molecular weight is 512 g/mol. The minimum atomic E-state index is -4.41. The Balaban J connectivity index is 1.38.